The van der Waals surface area contributed by atoms with Crippen LogP contribution in [0.2, 0.25) is 0 Å². The van der Waals surface area contributed by atoms with Crippen molar-refractivity contribution < 1.29 is 8.91 Å². The molecule has 0 amide bonds. The van der Waals surface area contributed by atoms with E-state index in [4.69, 9.17) is 4.52 Å². The molecule has 4 rings (SSSR count). The average molecular weight is 357 g/mol. The van der Waals surface area contributed by atoms with Crippen molar-refractivity contribution in [3.63, 3.8) is 0 Å². The summed E-state index contributed by atoms with van der Waals surface area (Å²) < 4.78 is 20.6. The average Bonchev–Trinajstić information content (AvgIpc) is 3.30. The van der Waals surface area contributed by atoms with E-state index in [1.807, 2.05) is 30.3 Å². The molecule has 2 aromatic heterocycles. The molecule has 1 saturated heterocycles. The molecule has 3 heterocycles. The number of benzene rings is 1. The summed E-state index contributed by atoms with van der Waals surface area (Å²) in [6.07, 6.45) is 1.35. The molecular formula is C19H20FN3OS. The van der Waals surface area contributed by atoms with Crippen molar-refractivity contribution in [3.05, 3.63) is 70.0 Å². The van der Waals surface area contributed by atoms with Gasteiger partial charge in [0.15, 0.2) is 11.5 Å². The number of halogens is 1. The van der Waals surface area contributed by atoms with Crippen LogP contribution in [0.4, 0.5) is 4.39 Å². The Morgan fingerprint density at radius 3 is 2.64 bits per heavy atom. The second kappa shape index (κ2) is 7.06. The Morgan fingerprint density at radius 2 is 1.92 bits per heavy atom. The van der Waals surface area contributed by atoms with Crippen LogP contribution in [0.5, 0.6) is 0 Å². The van der Waals surface area contributed by atoms with Gasteiger partial charge in [-0.3, -0.25) is 4.90 Å². The summed E-state index contributed by atoms with van der Waals surface area (Å²) in [5, 5.41) is 8.19. The zero-order valence-electron chi connectivity index (χ0n) is 13.9. The third-order valence-corrected chi connectivity index (χ3v) is 5.42. The predicted octanol–water partition coefficient (Wildman–Crippen LogP) is 4.18. The SMILES string of the molecule is FC1(c2nc(Cc3ccccc3)no2)CCN(Cc2ccsc2)CC1. The van der Waals surface area contributed by atoms with E-state index in [0.717, 1.165) is 12.1 Å². The summed E-state index contributed by atoms with van der Waals surface area (Å²) in [4.78, 5) is 6.61. The Balaban J connectivity index is 1.38. The lowest BCUT2D eigenvalue weighted by Crippen LogP contribution is -2.40. The van der Waals surface area contributed by atoms with Gasteiger partial charge in [-0.25, -0.2) is 4.39 Å². The quantitative estimate of drug-likeness (QED) is 0.687. The minimum atomic E-state index is -1.51. The van der Waals surface area contributed by atoms with Gasteiger partial charge in [0.1, 0.15) is 0 Å². The third kappa shape index (κ3) is 3.80. The first-order chi connectivity index (χ1) is 12.2. The zero-order chi connectivity index (χ0) is 17.1. The first kappa shape index (κ1) is 16.4. The van der Waals surface area contributed by atoms with Crippen molar-refractivity contribution in [1.82, 2.24) is 15.0 Å². The number of piperidine rings is 1. The van der Waals surface area contributed by atoms with Crippen LogP contribution in [0, 0.1) is 0 Å². The van der Waals surface area contributed by atoms with Gasteiger partial charge in [-0.05, 0) is 28.0 Å². The number of nitrogens with zero attached hydrogens (tertiary/aromatic N) is 3. The van der Waals surface area contributed by atoms with E-state index in [2.05, 4.69) is 31.9 Å². The summed E-state index contributed by atoms with van der Waals surface area (Å²) in [6, 6.07) is 12.0. The number of aromatic nitrogens is 2. The fraction of sp³-hybridized carbons (Fsp3) is 0.368. The van der Waals surface area contributed by atoms with Gasteiger partial charge in [0, 0.05) is 38.9 Å². The van der Waals surface area contributed by atoms with Gasteiger partial charge in [-0.2, -0.15) is 16.3 Å². The van der Waals surface area contributed by atoms with Crippen molar-refractivity contribution in [3.8, 4) is 0 Å². The second-order valence-electron chi connectivity index (χ2n) is 6.55. The maximum Gasteiger partial charge on any atom is 0.264 e. The number of hydrogen-bond donors (Lipinski definition) is 0. The number of hydrogen-bond acceptors (Lipinski definition) is 5. The third-order valence-electron chi connectivity index (χ3n) is 4.69. The first-order valence-electron chi connectivity index (χ1n) is 8.51. The van der Waals surface area contributed by atoms with Gasteiger partial charge in [-0.15, -0.1) is 0 Å². The minimum Gasteiger partial charge on any atom is -0.336 e. The van der Waals surface area contributed by atoms with Gasteiger partial charge in [0.25, 0.3) is 5.89 Å². The highest BCUT2D eigenvalue weighted by Gasteiger charge is 2.41. The Hall–Kier alpha value is -2.05. The maximum absolute atomic E-state index is 15.3. The van der Waals surface area contributed by atoms with E-state index in [0.29, 0.717) is 38.2 Å². The van der Waals surface area contributed by atoms with Gasteiger partial charge in [-0.1, -0.05) is 35.5 Å². The van der Waals surface area contributed by atoms with Crippen LogP contribution in [-0.4, -0.2) is 28.1 Å². The topological polar surface area (TPSA) is 42.2 Å². The fourth-order valence-electron chi connectivity index (χ4n) is 3.21. The molecule has 4 nitrogen and oxygen atoms in total. The lowest BCUT2D eigenvalue weighted by Gasteiger charge is -2.33. The molecule has 130 valence electrons. The van der Waals surface area contributed by atoms with Crippen LogP contribution in [0.3, 0.4) is 0 Å². The summed E-state index contributed by atoms with van der Waals surface area (Å²) in [5.41, 5.74) is 0.875. The summed E-state index contributed by atoms with van der Waals surface area (Å²) in [5.74, 6) is 0.674. The molecule has 0 aliphatic carbocycles. The molecule has 1 fully saturated rings. The van der Waals surface area contributed by atoms with Crippen molar-refractivity contribution in [2.45, 2.75) is 31.5 Å². The lowest BCUT2D eigenvalue weighted by atomic mass is 9.93. The fourth-order valence-corrected chi connectivity index (χ4v) is 3.87. The van der Waals surface area contributed by atoms with Crippen molar-refractivity contribution in [1.29, 1.82) is 0 Å². The standard InChI is InChI=1S/C19H20FN3OS/c20-19(7-9-23(10-8-19)13-16-6-11-25-14-16)18-21-17(22-24-18)12-15-4-2-1-3-5-15/h1-6,11,14H,7-10,12-13H2. The largest absolute Gasteiger partial charge is 0.336 e. The zero-order valence-corrected chi connectivity index (χ0v) is 14.7. The van der Waals surface area contributed by atoms with E-state index in [1.54, 1.807) is 11.3 Å². The molecule has 0 bridgehead atoms. The molecule has 1 aromatic carbocycles. The van der Waals surface area contributed by atoms with Crippen LogP contribution < -0.4 is 0 Å². The predicted molar refractivity (Wildman–Crippen MR) is 95.2 cm³/mol. The molecule has 1 aliphatic rings. The molecule has 3 aromatic rings. The number of likely N-dealkylation sites (tertiary alicyclic amines) is 1. The molecule has 0 saturated carbocycles. The number of rotatable bonds is 5. The Bertz CT molecular complexity index is 795. The molecule has 0 radical (unpaired) electrons. The normalized spacial score (nSPS) is 17.6. The van der Waals surface area contributed by atoms with E-state index in [1.165, 1.54) is 5.56 Å². The van der Waals surface area contributed by atoms with E-state index in [9.17, 15) is 0 Å². The highest BCUT2D eigenvalue weighted by Crippen LogP contribution is 2.36. The first-order valence-corrected chi connectivity index (χ1v) is 9.45. The minimum absolute atomic E-state index is 0.133. The molecular weight excluding hydrogens is 337 g/mol. The maximum atomic E-state index is 15.3. The Morgan fingerprint density at radius 1 is 1.12 bits per heavy atom. The second-order valence-corrected chi connectivity index (χ2v) is 7.33. The van der Waals surface area contributed by atoms with Gasteiger partial charge < -0.3 is 4.52 Å². The molecule has 0 N–H and O–H groups in total. The van der Waals surface area contributed by atoms with E-state index < -0.39 is 5.67 Å². The molecule has 0 unspecified atom stereocenters. The van der Waals surface area contributed by atoms with Crippen molar-refractivity contribution in [2.24, 2.45) is 0 Å². The van der Waals surface area contributed by atoms with E-state index >= 15 is 4.39 Å². The molecule has 1 aliphatic heterocycles. The number of alkyl halides is 1. The molecule has 0 atom stereocenters. The van der Waals surface area contributed by atoms with Gasteiger partial charge in [0.2, 0.25) is 0 Å². The van der Waals surface area contributed by atoms with E-state index in [-0.39, 0.29) is 5.89 Å². The molecule has 6 heteroatoms. The van der Waals surface area contributed by atoms with Crippen LogP contribution in [0.1, 0.15) is 35.7 Å². The smallest absolute Gasteiger partial charge is 0.264 e. The van der Waals surface area contributed by atoms with Gasteiger partial charge in [0.05, 0.1) is 0 Å². The Labute approximate surface area is 150 Å². The van der Waals surface area contributed by atoms with Crippen molar-refractivity contribution >= 4 is 11.3 Å². The van der Waals surface area contributed by atoms with Crippen LogP contribution >= 0.6 is 11.3 Å². The van der Waals surface area contributed by atoms with Crippen LogP contribution in [0.15, 0.2) is 51.7 Å². The summed E-state index contributed by atoms with van der Waals surface area (Å²) in [7, 11) is 0. The highest BCUT2D eigenvalue weighted by molar-refractivity contribution is 7.07. The molecule has 25 heavy (non-hydrogen) atoms. The van der Waals surface area contributed by atoms with Crippen LogP contribution in [-0.2, 0) is 18.6 Å². The van der Waals surface area contributed by atoms with Crippen molar-refractivity contribution in [2.75, 3.05) is 13.1 Å². The summed E-state index contributed by atoms with van der Waals surface area (Å²) in [6.45, 7) is 2.27. The summed E-state index contributed by atoms with van der Waals surface area (Å²) >= 11 is 1.69. The molecule has 0 spiro atoms. The Kier molecular flexibility index (Phi) is 4.63. The highest BCUT2D eigenvalue weighted by atomic mass is 32.1. The van der Waals surface area contributed by atoms with Crippen LogP contribution in [0.25, 0.3) is 0 Å². The number of thiophene rings is 1. The monoisotopic (exact) mass is 357 g/mol. The lowest BCUT2D eigenvalue weighted by molar-refractivity contribution is 0.0250. The van der Waals surface area contributed by atoms with Gasteiger partial charge >= 0.3 is 0 Å².